The summed E-state index contributed by atoms with van der Waals surface area (Å²) in [5, 5.41) is 9.41. The Labute approximate surface area is 159 Å². The van der Waals surface area contributed by atoms with Crippen LogP contribution in [0, 0.1) is 0 Å². The predicted octanol–water partition coefficient (Wildman–Crippen LogP) is 1.90. The lowest BCUT2D eigenvalue weighted by atomic mass is 10.2. The highest BCUT2D eigenvalue weighted by Gasteiger charge is 2.27. The number of phenolic OH excluding ortho intramolecular Hbond substituents is 1. The van der Waals surface area contributed by atoms with Gasteiger partial charge in [-0.1, -0.05) is 0 Å². The molecule has 0 spiro atoms. The molecule has 0 amide bonds. The van der Waals surface area contributed by atoms with Crippen LogP contribution < -0.4 is 9.80 Å². The number of phenols is 1. The Morgan fingerprint density at radius 2 is 1.44 bits per heavy atom. The Bertz CT molecular complexity index is 870. The lowest BCUT2D eigenvalue weighted by molar-refractivity contribution is 0.475. The van der Waals surface area contributed by atoms with Crippen LogP contribution in [0.4, 0.5) is 11.5 Å². The SMILES string of the molecule is O=S(=O)(c1ccc(N2CCN(c3ccc(O)cc3)CC2)nc1)N1CCCC1. The average molecular weight is 388 g/mol. The molecule has 4 rings (SSSR count). The van der Waals surface area contributed by atoms with E-state index >= 15 is 0 Å². The first-order chi connectivity index (χ1) is 13.0. The quantitative estimate of drug-likeness (QED) is 0.862. The molecule has 2 fully saturated rings. The molecule has 0 bridgehead atoms. The van der Waals surface area contributed by atoms with Crippen LogP contribution in [-0.2, 0) is 10.0 Å². The first-order valence-corrected chi connectivity index (χ1v) is 10.7. The largest absolute Gasteiger partial charge is 0.508 e. The molecular weight excluding hydrogens is 364 g/mol. The summed E-state index contributed by atoms with van der Waals surface area (Å²) in [5.74, 6) is 1.08. The maximum atomic E-state index is 12.6. The zero-order chi connectivity index (χ0) is 18.9. The van der Waals surface area contributed by atoms with Gasteiger partial charge in [0.1, 0.15) is 16.5 Å². The zero-order valence-electron chi connectivity index (χ0n) is 15.2. The first-order valence-electron chi connectivity index (χ1n) is 9.29. The van der Waals surface area contributed by atoms with Crippen LogP contribution in [-0.4, -0.2) is 62.1 Å². The third-order valence-corrected chi connectivity index (χ3v) is 7.12. The molecule has 2 aromatic rings. The minimum atomic E-state index is -3.41. The van der Waals surface area contributed by atoms with Crippen molar-refractivity contribution in [2.45, 2.75) is 17.7 Å². The predicted molar refractivity (Wildman–Crippen MR) is 105 cm³/mol. The third kappa shape index (κ3) is 3.72. The van der Waals surface area contributed by atoms with Gasteiger partial charge in [-0.05, 0) is 49.2 Å². The van der Waals surface area contributed by atoms with Crippen LogP contribution in [0.25, 0.3) is 0 Å². The Balaban J connectivity index is 1.41. The van der Waals surface area contributed by atoms with Crippen molar-refractivity contribution < 1.29 is 13.5 Å². The number of nitrogens with zero attached hydrogens (tertiary/aromatic N) is 4. The van der Waals surface area contributed by atoms with Crippen LogP contribution in [0.2, 0.25) is 0 Å². The molecule has 2 aliphatic rings. The summed E-state index contributed by atoms with van der Waals surface area (Å²) in [5.41, 5.74) is 1.09. The van der Waals surface area contributed by atoms with Gasteiger partial charge in [0.15, 0.2) is 0 Å². The van der Waals surface area contributed by atoms with E-state index in [9.17, 15) is 13.5 Å². The second kappa shape index (κ2) is 7.36. The molecule has 8 heteroatoms. The minimum Gasteiger partial charge on any atom is -0.508 e. The van der Waals surface area contributed by atoms with E-state index in [0.29, 0.717) is 13.1 Å². The number of aromatic hydroxyl groups is 1. The van der Waals surface area contributed by atoms with E-state index in [0.717, 1.165) is 50.5 Å². The standard InChI is InChI=1S/C19H24N4O3S/c24-17-5-3-16(4-6-17)21-11-13-22(14-12-21)19-8-7-18(15-20-19)27(25,26)23-9-1-2-10-23/h3-8,15,24H,1-2,9-14H2. The molecule has 2 aliphatic heterocycles. The highest BCUT2D eigenvalue weighted by atomic mass is 32.2. The monoisotopic (exact) mass is 388 g/mol. The molecule has 1 aromatic carbocycles. The van der Waals surface area contributed by atoms with E-state index < -0.39 is 10.0 Å². The second-order valence-corrected chi connectivity index (χ2v) is 8.89. The van der Waals surface area contributed by atoms with Crippen molar-refractivity contribution in [1.29, 1.82) is 0 Å². The Hall–Kier alpha value is -2.32. The van der Waals surface area contributed by atoms with E-state index in [4.69, 9.17) is 0 Å². The highest BCUT2D eigenvalue weighted by molar-refractivity contribution is 7.89. The third-order valence-electron chi connectivity index (χ3n) is 5.24. The van der Waals surface area contributed by atoms with E-state index in [1.807, 2.05) is 12.1 Å². The topological polar surface area (TPSA) is 77.0 Å². The lowest BCUT2D eigenvalue weighted by Crippen LogP contribution is -2.46. The summed E-state index contributed by atoms with van der Waals surface area (Å²) in [4.78, 5) is 9.13. The number of anilines is 2. The van der Waals surface area contributed by atoms with Crippen molar-refractivity contribution in [3.05, 3.63) is 42.6 Å². The van der Waals surface area contributed by atoms with Crippen LogP contribution in [0.3, 0.4) is 0 Å². The average Bonchev–Trinajstić information content (AvgIpc) is 3.25. The molecule has 0 aliphatic carbocycles. The summed E-state index contributed by atoms with van der Waals surface area (Å²) in [6.45, 7) is 4.52. The van der Waals surface area contributed by atoms with Crippen molar-refractivity contribution in [3.8, 4) is 5.75 Å². The van der Waals surface area contributed by atoms with Crippen LogP contribution in [0.5, 0.6) is 5.75 Å². The molecule has 144 valence electrons. The molecule has 1 N–H and O–H groups in total. The van der Waals surface area contributed by atoms with Gasteiger partial charge in [0.05, 0.1) is 0 Å². The molecule has 0 radical (unpaired) electrons. The van der Waals surface area contributed by atoms with Gasteiger partial charge < -0.3 is 14.9 Å². The summed E-state index contributed by atoms with van der Waals surface area (Å²) < 4.78 is 26.7. The van der Waals surface area contributed by atoms with E-state index in [2.05, 4.69) is 14.8 Å². The highest BCUT2D eigenvalue weighted by Crippen LogP contribution is 2.24. The molecule has 0 atom stereocenters. The van der Waals surface area contributed by atoms with Gasteiger partial charge in [0.25, 0.3) is 0 Å². The fourth-order valence-corrected chi connectivity index (χ4v) is 5.11. The van der Waals surface area contributed by atoms with Crippen LogP contribution in [0.15, 0.2) is 47.5 Å². The number of rotatable bonds is 4. The molecule has 7 nitrogen and oxygen atoms in total. The summed E-state index contributed by atoms with van der Waals surface area (Å²) >= 11 is 0. The molecule has 0 saturated carbocycles. The van der Waals surface area contributed by atoms with Gasteiger partial charge in [0.2, 0.25) is 10.0 Å². The van der Waals surface area contributed by atoms with Gasteiger partial charge in [-0.15, -0.1) is 0 Å². The molecule has 1 aromatic heterocycles. The van der Waals surface area contributed by atoms with Crippen molar-refractivity contribution in [2.75, 3.05) is 49.1 Å². The van der Waals surface area contributed by atoms with Gasteiger partial charge >= 0.3 is 0 Å². The van der Waals surface area contributed by atoms with E-state index in [1.165, 1.54) is 6.20 Å². The number of sulfonamides is 1. The minimum absolute atomic E-state index is 0.269. The molecule has 2 saturated heterocycles. The number of piperazine rings is 1. The van der Waals surface area contributed by atoms with Gasteiger partial charge in [-0.25, -0.2) is 13.4 Å². The number of hydrogen-bond acceptors (Lipinski definition) is 6. The van der Waals surface area contributed by atoms with Crippen LogP contribution >= 0.6 is 0 Å². The molecule has 27 heavy (non-hydrogen) atoms. The summed E-state index contributed by atoms with van der Waals surface area (Å²) in [6, 6.07) is 10.7. The lowest BCUT2D eigenvalue weighted by Gasteiger charge is -2.36. The van der Waals surface area contributed by atoms with Crippen molar-refractivity contribution in [2.24, 2.45) is 0 Å². The number of aromatic nitrogens is 1. The zero-order valence-corrected chi connectivity index (χ0v) is 16.0. The van der Waals surface area contributed by atoms with Gasteiger partial charge in [-0.2, -0.15) is 4.31 Å². The maximum absolute atomic E-state index is 12.6. The number of benzene rings is 1. The normalized spacial score (nSPS) is 18.8. The second-order valence-electron chi connectivity index (χ2n) is 6.95. The van der Waals surface area contributed by atoms with Gasteiger partial charge in [0, 0.05) is 51.2 Å². The maximum Gasteiger partial charge on any atom is 0.244 e. The molecule has 3 heterocycles. The smallest absolute Gasteiger partial charge is 0.244 e. The number of hydrogen-bond donors (Lipinski definition) is 1. The number of pyridine rings is 1. The fourth-order valence-electron chi connectivity index (χ4n) is 3.65. The van der Waals surface area contributed by atoms with Crippen LogP contribution in [0.1, 0.15) is 12.8 Å². The summed E-state index contributed by atoms with van der Waals surface area (Å²) in [6.07, 6.45) is 3.33. The van der Waals surface area contributed by atoms with Crippen molar-refractivity contribution in [3.63, 3.8) is 0 Å². The van der Waals surface area contributed by atoms with Crippen molar-refractivity contribution >= 4 is 21.5 Å². The van der Waals surface area contributed by atoms with Crippen molar-refractivity contribution in [1.82, 2.24) is 9.29 Å². The first kappa shape index (κ1) is 18.1. The fraction of sp³-hybridized carbons (Fsp3) is 0.421. The van der Waals surface area contributed by atoms with Gasteiger partial charge in [-0.3, -0.25) is 0 Å². The van der Waals surface area contributed by atoms with E-state index in [1.54, 1.807) is 28.6 Å². The Morgan fingerprint density at radius 3 is 2.04 bits per heavy atom. The Morgan fingerprint density at radius 1 is 0.815 bits per heavy atom. The summed E-state index contributed by atoms with van der Waals surface area (Å²) in [7, 11) is -3.41. The molecule has 0 unspecified atom stereocenters. The van der Waals surface area contributed by atoms with E-state index in [-0.39, 0.29) is 10.6 Å². The molecular formula is C19H24N4O3S. The Kier molecular flexibility index (Phi) is 4.92.